The summed E-state index contributed by atoms with van der Waals surface area (Å²) in [5, 5.41) is 30.1. The van der Waals surface area contributed by atoms with Crippen molar-refractivity contribution in [2.24, 2.45) is 0 Å². The second-order valence-corrected chi connectivity index (χ2v) is 14.1. The second kappa shape index (κ2) is 16.5. The summed E-state index contributed by atoms with van der Waals surface area (Å²) in [7, 11) is 0. The molecule has 0 atom stereocenters. The monoisotopic (exact) mass is 696 g/mol. The van der Waals surface area contributed by atoms with Crippen molar-refractivity contribution in [1.82, 2.24) is 0 Å². The fourth-order valence-corrected chi connectivity index (χ4v) is 5.47. The van der Waals surface area contributed by atoms with Crippen molar-refractivity contribution >= 4 is 17.3 Å². The molecule has 0 saturated heterocycles. The maximum absolute atomic E-state index is 12.4. The number of benzene rings is 4. The topological polar surface area (TPSA) is 140 Å². The number of hydrogen-bond donors (Lipinski definition) is 3. The highest BCUT2D eigenvalue weighted by Crippen LogP contribution is 2.23. The van der Waals surface area contributed by atoms with Crippen LogP contribution in [0.3, 0.4) is 0 Å². The first-order valence-corrected chi connectivity index (χ1v) is 17.0. The Morgan fingerprint density at radius 2 is 0.725 bits per heavy atom. The lowest BCUT2D eigenvalue weighted by molar-refractivity contribution is 0.0487. The molecule has 0 amide bonds. The first-order valence-electron chi connectivity index (χ1n) is 17.0. The second-order valence-electron chi connectivity index (χ2n) is 14.1. The van der Waals surface area contributed by atoms with Crippen molar-refractivity contribution in [3.05, 3.63) is 124 Å². The van der Waals surface area contributed by atoms with Gasteiger partial charge in [-0.15, -0.1) is 0 Å². The van der Waals surface area contributed by atoms with Crippen LogP contribution >= 0.6 is 0 Å². The molecule has 0 radical (unpaired) electrons. The zero-order valence-corrected chi connectivity index (χ0v) is 30.2. The molecule has 0 saturated carbocycles. The van der Waals surface area contributed by atoms with Crippen LogP contribution in [0.4, 0.5) is 0 Å². The van der Waals surface area contributed by atoms with E-state index in [-0.39, 0.29) is 17.3 Å². The normalized spacial score (nSPS) is 11.9. The Hall–Kier alpha value is -4.83. The van der Waals surface area contributed by atoms with Crippen molar-refractivity contribution in [3.8, 4) is 17.2 Å². The van der Waals surface area contributed by atoms with Crippen LogP contribution in [0, 0.1) is 0 Å². The summed E-state index contributed by atoms with van der Waals surface area (Å²) in [6, 6.07) is 26.3. The third-order valence-corrected chi connectivity index (χ3v) is 8.29. The zero-order chi connectivity index (χ0) is 37.4. The Balaban J connectivity index is 1.44. The number of hydrogen-bond acceptors (Lipinski definition) is 9. The smallest absolute Gasteiger partial charge is 0.193 e. The van der Waals surface area contributed by atoms with Gasteiger partial charge in [0.15, 0.2) is 17.3 Å². The summed E-state index contributed by atoms with van der Waals surface area (Å²) in [6.07, 6.45) is 1.81. The third-order valence-electron chi connectivity index (χ3n) is 8.29. The van der Waals surface area contributed by atoms with Gasteiger partial charge in [-0.1, -0.05) is 18.2 Å². The first-order chi connectivity index (χ1) is 23.9. The molecule has 0 aromatic heterocycles. The molecule has 270 valence electrons. The average molecular weight is 697 g/mol. The van der Waals surface area contributed by atoms with Crippen LogP contribution in [-0.2, 0) is 19.3 Å². The van der Waals surface area contributed by atoms with Crippen molar-refractivity contribution in [2.75, 3.05) is 19.8 Å². The van der Waals surface area contributed by atoms with Crippen LogP contribution in [0.5, 0.6) is 17.2 Å². The van der Waals surface area contributed by atoms with E-state index in [1.807, 2.05) is 6.07 Å². The molecule has 0 bridgehead atoms. The minimum absolute atomic E-state index is 0.363. The highest BCUT2D eigenvalue weighted by atomic mass is 16.5. The van der Waals surface area contributed by atoms with Crippen LogP contribution in [0.15, 0.2) is 91.0 Å². The molecule has 0 unspecified atom stereocenters. The summed E-state index contributed by atoms with van der Waals surface area (Å²) in [5.74, 6) is 0.730. The predicted octanol–water partition coefficient (Wildman–Crippen LogP) is 6.41. The van der Waals surface area contributed by atoms with E-state index in [9.17, 15) is 29.7 Å². The lowest BCUT2D eigenvalue weighted by Gasteiger charge is -2.18. The van der Waals surface area contributed by atoms with E-state index < -0.39 is 16.8 Å². The summed E-state index contributed by atoms with van der Waals surface area (Å²) < 4.78 is 18.1. The van der Waals surface area contributed by atoms with Gasteiger partial charge in [0.25, 0.3) is 0 Å². The summed E-state index contributed by atoms with van der Waals surface area (Å²) in [6.45, 7) is 9.90. The number of aliphatic hydroxyl groups is 3. The van der Waals surface area contributed by atoms with Crippen LogP contribution in [-0.4, -0.2) is 69.3 Å². The predicted molar refractivity (Wildman–Crippen MR) is 195 cm³/mol. The number of ketones is 3. The number of carbonyl (C=O) groups is 3. The average Bonchev–Trinajstić information content (AvgIpc) is 3.08. The molecule has 4 rings (SSSR count). The fourth-order valence-electron chi connectivity index (χ4n) is 5.47. The van der Waals surface area contributed by atoms with Gasteiger partial charge in [0.05, 0.1) is 19.8 Å². The molecular formula is C42H48O9. The van der Waals surface area contributed by atoms with Crippen LogP contribution in [0.1, 0.15) is 89.3 Å². The van der Waals surface area contributed by atoms with Gasteiger partial charge in [0.2, 0.25) is 0 Å². The van der Waals surface area contributed by atoms with Gasteiger partial charge in [-0.05, 0) is 131 Å². The molecule has 4 aromatic carbocycles. The molecule has 0 fully saturated rings. The van der Waals surface area contributed by atoms with Crippen molar-refractivity contribution < 1.29 is 43.9 Å². The van der Waals surface area contributed by atoms with Crippen LogP contribution in [0.25, 0.3) is 0 Å². The molecule has 4 aromatic rings. The van der Waals surface area contributed by atoms with Crippen molar-refractivity contribution in [1.29, 1.82) is 0 Å². The summed E-state index contributed by atoms with van der Waals surface area (Å²) in [4.78, 5) is 37.2. The Kier molecular flexibility index (Phi) is 12.6. The van der Waals surface area contributed by atoms with E-state index in [0.29, 0.717) is 73.0 Å². The van der Waals surface area contributed by atoms with Gasteiger partial charge in [0, 0.05) is 36.0 Å². The quantitative estimate of drug-likeness (QED) is 0.101. The molecular weight excluding hydrogens is 648 g/mol. The van der Waals surface area contributed by atoms with E-state index in [1.165, 1.54) is 41.5 Å². The molecule has 9 nitrogen and oxygen atoms in total. The Bertz CT molecular complexity index is 1690. The molecule has 0 heterocycles. The van der Waals surface area contributed by atoms with E-state index in [0.717, 1.165) is 16.7 Å². The van der Waals surface area contributed by atoms with E-state index in [4.69, 9.17) is 14.2 Å². The molecule has 9 heteroatoms. The zero-order valence-electron chi connectivity index (χ0n) is 30.2. The minimum Gasteiger partial charge on any atom is -0.493 e. The lowest BCUT2D eigenvalue weighted by atomic mass is 9.95. The fraction of sp³-hybridized carbons (Fsp3) is 0.357. The molecule has 3 N–H and O–H groups in total. The van der Waals surface area contributed by atoms with Gasteiger partial charge in [-0.25, -0.2) is 0 Å². The highest BCUT2D eigenvalue weighted by Gasteiger charge is 2.27. The molecule has 0 aliphatic carbocycles. The number of carbonyl (C=O) groups excluding carboxylic acids is 3. The Morgan fingerprint density at radius 1 is 0.451 bits per heavy atom. The van der Waals surface area contributed by atoms with Crippen LogP contribution in [0.2, 0.25) is 0 Å². The molecule has 0 aliphatic rings. The van der Waals surface area contributed by atoms with E-state index >= 15 is 0 Å². The Labute approximate surface area is 299 Å². The van der Waals surface area contributed by atoms with Gasteiger partial charge in [-0.2, -0.15) is 0 Å². The number of Topliss-reactive ketones (excluding diaryl/α,β-unsaturated/α-hetero) is 3. The van der Waals surface area contributed by atoms with Gasteiger partial charge >= 0.3 is 0 Å². The van der Waals surface area contributed by atoms with E-state index in [2.05, 4.69) is 12.1 Å². The maximum atomic E-state index is 12.4. The third kappa shape index (κ3) is 11.1. The van der Waals surface area contributed by atoms with Crippen molar-refractivity contribution in [2.45, 2.75) is 77.6 Å². The van der Waals surface area contributed by atoms with Crippen LogP contribution < -0.4 is 14.2 Å². The minimum atomic E-state index is -1.46. The molecule has 0 spiro atoms. The molecule has 51 heavy (non-hydrogen) atoms. The lowest BCUT2D eigenvalue weighted by Crippen LogP contribution is -2.31. The van der Waals surface area contributed by atoms with Crippen molar-refractivity contribution in [3.63, 3.8) is 0 Å². The highest BCUT2D eigenvalue weighted by molar-refractivity contribution is 6.02. The maximum Gasteiger partial charge on any atom is 0.193 e. The summed E-state index contributed by atoms with van der Waals surface area (Å²) >= 11 is 0. The summed E-state index contributed by atoms with van der Waals surface area (Å²) in [5.41, 5.74) is 0.122. The SMILES string of the molecule is CC(C)(O)C(=O)c1ccc(OCCc2cccc(CCOc3ccc(C(=O)C(C)(C)O)cc3)c2CCOc2ccc(C(=O)C(C)(C)O)cc2)cc1. The number of rotatable bonds is 18. The van der Waals surface area contributed by atoms with Gasteiger partial charge < -0.3 is 29.5 Å². The van der Waals surface area contributed by atoms with E-state index in [1.54, 1.807) is 72.8 Å². The largest absolute Gasteiger partial charge is 0.493 e. The molecule has 0 aliphatic heterocycles. The number of ether oxygens (including phenoxy) is 3. The first kappa shape index (κ1) is 39.0. The standard InChI is InChI=1S/C42H48O9/c1-40(2,46)37(43)30-10-16-33(17-11-30)49-25-22-28-8-7-9-29(23-26-50-34-18-12-31(13-19-34)38(44)41(3,4)47)36(28)24-27-51-35-20-14-32(15-21-35)39(45)42(5,6)48/h7-21,46-48H,22-27H2,1-6H3. The Morgan fingerprint density at radius 3 is 1.00 bits per heavy atom. The van der Waals surface area contributed by atoms with Gasteiger partial charge in [-0.3, -0.25) is 14.4 Å². The van der Waals surface area contributed by atoms with Gasteiger partial charge in [0.1, 0.15) is 34.1 Å².